The molecule has 1 fully saturated rings. The Kier molecular flexibility index (Phi) is 9.27. The van der Waals surface area contributed by atoms with Gasteiger partial charge in [-0.2, -0.15) is 13.2 Å². The minimum Gasteiger partial charge on any atom is -0.493 e. The molecule has 0 aliphatic heterocycles. The summed E-state index contributed by atoms with van der Waals surface area (Å²) in [6, 6.07) is 5.41. The SMILES string of the molecule is CCN(CC)CCOc1ccc(CNC(=O)C2CCCC(C(F)(F)F)C2)cc1OC. The highest BCUT2D eigenvalue weighted by molar-refractivity contribution is 5.78. The molecule has 5 nitrogen and oxygen atoms in total. The Bertz CT molecular complexity index is 678. The average molecular weight is 431 g/mol. The molecule has 8 heteroatoms. The van der Waals surface area contributed by atoms with Crippen LogP contribution in [0.2, 0.25) is 0 Å². The van der Waals surface area contributed by atoms with Crippen LogP contribution in [-0.4, -0.2) is 50.3 Å². The summed E-state index contributed by atoms with van der Waals surface area (Å²) < 4.78 is 50.1. The van der Waals surface area contributed by atoms with E-state index in [4.69, 9.17) is 9.47 Å². The number of ether oxygens (including phenoxy) is 2. The van der Waals surface area contributed by atoms with Gasteiger partial charge in [0.2, 0.25) is 5.91 Å². The van der Waals surface area contributed by atoms with E-state index in [9.17, 15) is 18.0 Å². The van der Waals surface area contributed by atoms with E-state index >= 15 is 0 Å². The predicted molar refractivity (Wildman–Crippen MR) is 110 cm³/mol. The average Bonchev–Trinajstić information content (AvgIpc) is 2.75. The van der Waals surface area contributed by atoms with E-state index in [2.05, 4.69) is 24.1 Å². The molecule has 0 bridgehead atoms. The van der Waals surface area contributed by atoms with Crippen molar-refractivity contribution in [1.82, 2.24) is 10.2 Å². The molecule has 1 aliphatic carbocycles. The Morgan fingerprint density at radius 3 is 2.57 bits per heavy atom. The molecule has 30 heavy (non-hydrogen) atoms. The van der Waals surface area contributed by atoms with Gasteiger partial charge in [-0.25, -0.2) is 0 Å². The molecule has 1 aromatic carbocycles. The van der Waals surface area contributed by atoms with Gasteiger partial charge in [0.1, 0.15) is 6.61 Å². The minimum absolute atomic E-state index is 0.111. The first-order valence-corrected chi connectivity index (χ1v) is 10.6. The molecular weight excluding hydrogens is 397 g/mol. The monoisotopic (exact) mass is 430 g/mol. The molecule has 0 saturated heterocycles. The third kappa shape index (κ3) is 7.07. The zero-order valence-corrected chi connectivity index (χ0v) is 18.1. The minimum atomic E-state index is -4.23. The number of alkyl halides is 3. The topological polar surface area (TPSA) is 50.8 Å². The molecule has 1 aromatic rings. The standard InChI is InChI=1S/C22H33F3N2O3/c1-4-27(5-2)11-12-30-19-10-9-16(13-20(19)29-3)15-26-21(28)17-7-6-8-18(14-17)22(23,24)25/h9-10,13,17-18H,4-8,11-12,14-15H2,1-3H3,(H,26,28). The van der Waals surface area contributed by atoms with Gasteiger partial charge in [-0.1, -0.05) is 26.3 Å². The molecule has 2 rings (SSSR count). The fourth-order valence-electron chi connectivity index (χ4n) is 3.82. The molecule has 2 unspecified atom stereocenters. The maximum absolute atomic E-state index is 13.0. The molecular formula is C22H33F3N2O3. The maximum atomic E-state index is 13.0. The van der Waals surface area contributed by atoms with E-state index < -0.39 is 18.0 Å². The van der Waals surface area contributed by atoms with E-state index in [1.54, 1.807) is 19.2 Å². The second-order valence-corrected chi connectivity index (χ2v) is 7.68. The summed E-state index contributed by atoms with van der Waals surface area (Å²) in [5.74, 6) is -1.09. The first kappa shape index (κ1) is 24.3. The Morgan fingerprint density at radius 2 is 1.93 bits per heavy atom. The van der Waals surface area contributed by atoms with Gasteiger partial charge in [-0.15, -0.1) is 0 Å². The lowest BCUT2D eigenvalue weighted by atomic mass is 9.80. The van der Waals surface area contributed by atoms with Crippen LogP contribution >= 0.6 is 0 Å². The Morgan fingerprint density at radius 1 is 1.20 bits per heavy atom. The lowest BCUT2D eigenvalue weighted by molar-refractivity contribution is -0.186. The first-order chi connectivity index (χ1) is 14.3. The van der Waals surface area contributed by atoms with E-state index in [1.165, 1.54) is 0 Å². The lowest BCUT2D eigenvalue weighted by Gasteiger charge is -2.29. The number of methoxy groups -OCH3 is 1. The summed E-state index contributed by atoms with van der Waals surface area (Å²) in [6.45, 7) is 7.71. The lowest BCUT2D eigenvalue weighted by Crippen LogP contribution is -2.37. The van der Waals surface area contributed by atoms with E-state index in [-0.39, 0.29) is 25.3 Å². The van der Waals surface area contributed by atoms with Crippen molar-refractivity contribution in [1.29, 1.82) is 0 Å². The van der Waals surface area contributed by atoms with Crippen LogP contribution in [0.1, 0.15) is 45.1 Å². The number of amides is 1. The van der Waals surface area contributed by atoms with E-state index in [0.29, 0.717) is 30.9 Å². The molecule has 0 aromatic heterocycles. The number of carbonyl (C=O) groups excluding carboxylic acids is 1. The van der Waals surface area contributed by atoms with Gasteiger partial charge >= 0.3 is 6.18 Å². The van der Waals surface area contributed by atoms with Crippen LogP contribution in [0.3, 0.4) is 0 Å². The second kappa shape index (κ2) is 11.4. The molecule has 170 valence electrons. The quantitative estimate of drug-likeness (QED) is 0.598. The molecule has 1 amide bonds. The normalized spacial score (nSPS) is 19.6. The number of rotatable bonds is 10. The fraction of sp³-hybridized carbons (Fsp3) is 0.682. The van der Waals surface area contributed by atoms with Gasteiger partial charge in [-0.05, 0) is 50.0 Å². The summed E-state index contributed by atoms with van der Waals surface area (Å²) in [5.41, 5.74) is 0.805. The Labute approximate surface area is 176 Å². The first-order valence-electron chi connectivity index (χ1n) is 10.6. The molecule has 2 atom stereocenters. The van der Waals surface area contributed by atoms with Gasteiger partial charge < -0.3 is 19.7 Å². The third-order valence-corrected chi connectivity index (χ3v) is 5.76. The Balaban J connectivity index is 1.88. The smallest absolute Gasteiger partial charge is 0.391 e. The molecule has 0 radical (unpaired) electrons. The molecule has 1 saturated carbocycles. The van der Waals surface area contributed by atoms with Crippen LogP contribution in [0.5, 0.6) is 11.5 Å². The van der Waals surface area contributed by atoms with Gasteiger partial charge in [0.25, 0.3) is 0 Å². The van der Waals surface area contributed by atoms with Gasteiger partial charge in [-0.3, -0.25) is 4.79 Å². The molecule has 0 heterocycles. The van der Waals surface area contributed by atoms with Crippen LogP contribution in [0, 0.1) is 11.8 Å². The maximum Gasteiger partial charge on any atom is 0.391 e. The van der Waals surface area contributed by atoms with Crippen molar-refractivity contribution in [3.8, 4) is 11.5 Å². The third-order valence-electron chi connectivity index (χ3n) is 5.76. The van der Waals surface area contributed by atoms with Crippen molar-refractivity contribution in [3.63, 3.8) is 0 Å². The van der Waals surface area contributed by atoms with Gasteiger partial charge in [0.05, 0.1) is 13.0 Å². The van der Waals surface area contributed by atoms with Crippen LogP contribution in [-0.2, 0) is 11.3 Å². The summed E-state index contributed by atoms with van der Waals surface area (Å²) in [5, 5.41) is 2.78. The zero-order chi connectivity index (χ0) is 22.1. The van der Waals surface area contributed by atoms with Crippen molar-refractivity contribution >= 4 is 5.91 Å². The van der Waals surface area contributed by atoms with Gasteiger partial charge in [0, 0.05) is 19.0 Å². The molecule has 1 aliphatic rings. The second-order valence-electron chi connectivity index (χ2n) is 7.68. The van der Waals surface area contributed by atoms with Crippen molar-refractivity contribution in [2.24, 2.45) is 11.8 Å². The van der Waals surface area contributed by atoms with Crippen molar-refractivity contribution in [3.05, 3.63) is 23.8 Å². The molecule has 1 N–H and O–H groups in total. The highest BCUT2D eigenvalue weighted by atomic mass is 19.4. The number of likely N-dealkylation sites (N-methyl/N-ethyl adjacent to an activating group) is 1. The zero-order valence-electron chi connectivity index (χ0n) is 18.1. The molecule has 0 spiro atoms. The number of benzene rings is 1. The van der Waals surface area contributed by atoms with E-state index in [1.807, 2.05) is 6.07 Å². The van der Waals surface area contributed by atoms with Crippen molar-refractivity contribution < 1.29 is 27.4 Å². The number of nitrogens with zero attached hydrogens (tertiary/aromatic N) is 1. The largest absolute Gasteiger partial charge is 0.493 e. The summed E-state index contributed by atoms with van der Waals surface area (Å²) >= 11 is 0. The fourth-order valence-corrected chi connectivity index (χ4v) is 3.82. The van der Waals surface area contributed by atoms with Crippen molar-refractivity contribution in [2.75, 3.05) is 33.4 Å². The summed E-state index contributed by atoms with van der Waals surface area (Å²) in [7, 11) is 1.55. The van der Waals surface area contributed by atoms with Crippen LogP contribution in [0.15, 0.2) is 18.2 Å². The summed E-state index contributed by atoms with van der Waals surface area (Å²) in [4.78, 5) is 14.6. The highest BCUT2D eigenvalue weighted by Crippen LogP contribution is 2.40. The Hall–Kier alpha value is -1.96. The highest BCUT2D eigenvalue weighted by Gasteiger charge is 2.43. The van der Waals surface area contributed by atoms with Crippen molar-refractivity contribution in [2.45, 2.75) is 52.3 Å². The van der Waals surface area contributed by atoms with Crippen LogP contribution in [0.25, 0.3) is 0 Å². The summed E-state index contributed by atoms with van der Waals surface area (Å²) in [6.07, 6.45) is -3.32. The van der Waals surface area contributed by atoms with E-state index in [0.717, 1.165) is 25.2 Å². The number of hydrogen-bond acceptors (Lipinski definition) is 4. The number of carbonyl (C=O) groups is 1. The predicted octanol–water partition coefficient (Wildman–Crippen LogP) is 4.40. The van der Waals surface area contributed by atoms with Crippen LogP contribution < -0.4 is 14.8 Å². The number of nitrogens with one attached hydrogen (secondary N) is 1. The van der Waals surface area contributed by atoms with Gasteiger partial charge in [0.15, 0.2) is 11.5 Å². The number of halogens is 3. The number of hydrogen-bond donors (Lipinski definition) is 1. The van der Waals surface area contributed by atoms with Crippen LogP contribution in [0.4, 0.5) is 13.2 Å².